The second-order valence-electron chi connectivity index (χ2n) is 3.77. The van der Waals surface area contributed by atoms with Gasteiger partial charge in [-0.3, -0.25) is 0 Å². The number of nitrogens with zero attached hydrogens (tertiary/aromatic N) is 4. The first-order valence-electron chi connectivity index (χ1n) is 5.73. The molecule has 0 aliphatic heterocycles. The van der Waals surface area contributed by atoms with E-state index in [0.717, 1.165) is 16.5 Å². The fraction of sp³-hybridized carbons (Fsp3) is 0.333. The van der Waals surface area contributed by atoms with Gasteiger partial charge in [0.2, 0.25) is 0 Å². The Balaban J connectivity index is 2.26. The van der Waals surface area contributed by atoms with Gasteiger partial charge < -0.3 is 10.1 Å². The maximum Gasteiger partial charge on any atom is 0.194 e. The first-order chi connectivity index (χ1) is 9.21. The fourth-order valence-electron chi connectivity index (χ4n) is 1.42. The van der Waals surface area contributed by atoms with Crippen molar-refractivity contribution in [2.24, 2.45) is 0 Å². The van der Waals surface area contributed by atoms with E-state index in [-0.39, 0.29) is 0 Å². The molecule has 0 saturated carbocycles. The minimum atomic E-state index is 0.373. The highest BCUT2D eigenvalue weighted by molar-refractivity contribution is 7.99. The molecule has 6 nitrogen and oxygen atoms in total. The molecule has 0 aromatic carbocycles. The van der Waals surface area contributed by atoms with E-state index < -0.39 is 0 Å². The lowest BCUT2D eigenvalue weighted by atomic mass is 10.5. The molecule has 0 saturated heterocycles. The predicted molar refractivity (Wildman–Crippen MR) is 73.2 cm³/mol. The average molecular weight is 277 g/mol. The Bertz CT molecular complexity index is 564. The molecule has 100 valence electrons. The van der Waals surface area contributed by atoms with Crippen molar-refractivity contribution in [1.82, 2.24) is 19.9 Å². The molecule has 2 heterocycles. The topological polar surface area (TPSA) is 72.8 Å². The molecule has 0 amide bonds. The zero-order chi connectivity index (χ0) is 13.7. The summed E-state index contributed by atoms with van der Waals surface area (Å²) in [6.07, 6.45) is 1.74. The van der Waals surface area contributed by atoms with Crippen LogP contribution in [0.5, 0.6) is 0 Å². The summed E-state index contributed by atoms with van der Waals surface area (Å²) in [6, 6.07) is 3.72. The van der Waals surface area contributed by atoms with Crippen LogP contribution < -0.4 is 5.32 Å². The van der Waals surface area contributed by atoms with Crippen molar-refractivity contribution in [1.29, 1.82) is 0 Å². The summed E-state index contributed by atoms with van der Waals surface area (Å²) in [6.45, 7) is 2.30. The van der Waals surface area contributed by atoms with Gasteiger partial charge in [0.25, 0.3) is 0 Å². The lowest BCUT2D eigenvalue weighted by molar-refractivity contribution is 0.177. The molecule has 0 atom stereocenters. The fourth-order valence-corrected chi connectivity index (χ4v) is 2.23. The van der Waals surface area contributed by atoms with Gasteiger partial charge in [0.15, 0.2) is 11.0 Å². The average Bonchev–Trinajstić information content (AvgIpc) is 2.39. The third-order valence-electron chi connectivity index (χ3n) is 2.25. The van der Waals surface area contributed by atoms with Crippen LogP contribution in [0.4, 0.5) is 5.82 Å². The third-order valence-corrected chi connectivity index (χ3v) is 3.04. The highest BCUT2D eigenvalue weighted by Crippen LogP contribution is 2.24. The first kappa shape index (κ1) is 13.7. The molecule has 2 rings (SSSR count). The molecule has 1 N–H and O–H groups in total. The number of rotatable bonds is 5. The van der Waals surface area contributed by atoms with Crippen LogP contribution in [0.25, 0.3) is 0 Å². The van der Waals surface area contributed by atoms with Gasteiger partial charge in [-0.25, -0.2) is 19.9 Å². The molecule has 0 aliphatic rings. The lowest BCUT2D eigenvalue weighted by Gasteiger charge is -2.06. The second kappa shape index (κ2) is 6.44. The van der Waals surface area contributed by atoms with Crippen LogP contribution >= 0.6 is 11.8 Å². The van der Waals surface area contributed by atoms with Gasteiger partial charge in [-0.1, -0.05) is 0 Å². The molecule has 19 heavy (non-hydrogen) atoms. The van der Waals surface area contributed by atoms with Crippen LogP contribution in [0, 0.1) is 6.92 Å². The van der Waals surface area contributed by atoms with Crippen molar-refractivity contribution in [3.05, 3.63) is 29.8 Å². The summed E-state index contributed by atoms with van der Waals surface area (Å²) in [4.78, 5) is 17.2. The van der Waals surface area contributed by atoms with Crippen LogP contribution in [0.3, 0.4) is 0 Å². The number of nitrogens with one attached hydrogen (secondary N) is 1. The van der Waals surface area contributed by atoms with Crippen LogP contribution in [0.1, 0.15) is 11.5 Å². The Labute approximate surface area is 116 Å². The summed E-state index contributed by atoms with van der Waals surface area (Å²) in [7, 11) is 3.43. The number of methoxy groups -OCH3 is 1. The Morgan fingerprint density at radius 3 is 2.84 bits per heavy atom. The standard InChI is InChI=1S/C12H15N5OS/c1-8-4-5-14-12(15-8)19-11-6-9(13-2)16-10(17-11)7-18-3/h4-6H,7H2,1-3H3,(H,13,16,17). The van der Waals surface area contributed by atoms with E-state index in [1.807, 2.05) is 26.1 Å². The van der Waals surface area contributed by atoms with Crippen LogP contribution in [-0.2, 0) is 11.3 Å². The molecule has 0 radical (unpaired) electrons. The largest absolute Gasteiger partial charge is 0.377 e. The Hall–Kier alpha value is -1.73. The Morgan fingerprint density at radius 1 is 1.32 bits per heavy atom. The summed E-state index contributed by atoms with van der Waals surface area (Å²) in [5.74, 6) is 1.38. The minimum Gasteiger partial charge on any atom is -0.377 e. The number of aromatic nitrogens is 4. The smallest absolute Gasteiger partial charge is 0.194 e. The molecular formula is C12H15N5OS. The number of aryl methyl sites for hydroxylation is 1. The van der Waals surface area contributed by atoms with Gasteiger partial charge in [-0.2, -0.15) is 0 Å². The van der Waals surface area contributed by atoms with Crippen molar-refractivity contribution in [3.63, 3.8) is 0 Å². The van der Waals surface area contributed by atoms with Gasteiger partial charge in [0, 0.05) is 32.1 Å². The SMILES string of the molecule is CNc1cc(Sc2nccc(C)n2)nc(COC)n1. The van der Waals surface area contributed by atoms with Gasteiger partial charge in [0.1, 0.15) is 17.5 Å². The van der Waals surface area contributed by atoms with Crippen molar-refractivity contribution >= 4 is 17.6 Å². The Morgan fingerprint density at radius 2 is 2.16 bits per heavy atom. The molecule has 0 fully saturated rings. The number of hydrogen-bond donors (Lipinski definition) is 1. The molecule has 0 unspecified atom stereocenters. The Kier molecular flexibility index (Phi) is 4.64. The van der Waals surface area contributed by atoms with Gasteiger partial charge in [0.05, 0.1) is 0 Å². The van der Waals surface area contributed by atoms with Crippen LogP contribution in [0.2, 0.25) is 0 Å². The van der Waals surface area contributed by atoms with Crippen molar-refractivity contribution in [2.45, 2.75) is 23.7 Å². The third kappa shape index (κ3) is 3.87. The van der Waals surface area contributed by atoms with E-state index in [4.69, 9.17) is 4.74 Å². The van der Waals surface area contributed by atoms with E-state index >= 15 is 0 Å². The molecule has 7 heteroatoms. The molecular weight excluding hydrogens is 262 g/mol. The molecule has 0 bridgehead atoms. The number of ether oxygens (including phenoxy) is 1. The maximum absolute atomic E-state index is 5.06. The second-order valence-corrected chi connectivity index (χ2v) is 4.76. The summed E-state index contributed by atoms with van der Waals surface area (Å²) in [5.41, 5.74) is 0.928. The number of hydrogen-bond acceptors (Lipinski definition) is 7. The van der Waals surface area contributed by atoms with Gasteiger partial charge >= 0.3 is 0 Å². The van der Waals surface area contributed by atoms with E-state index in [9.17, 15) is 0 Å². The predicted octanol–water partition coefficient (Wildman–Crippen LogP) is 1.91. The van der Waals surface area contributed by atoms with Crippen molar-refractivity contribution in [3.8, 4) is 0 Å². The van der Waals surface area contributed by atoms with E-state index in [1.165, 1.54) is 11.8 Å². The molecule has 0 aliphatic carbocycles. The van der Waals surface area contributed by atoms with Gasteiger partial charge in [-0.15, -0.1) is 0 Å². The molecule has 0 spiro atoms. The van der Waals surface area contributed by atoms with E-state index in [2.05, 4.69) is 25.3 Å². The van der Waals surface area contributed by atoms with E-state index in [1.54, 1.807) is 13.3 Å². The highest BCUT2D eigenvalue weighted by atomic mass is 32.2. The molecule has 2 aromatic rings. The van der Waals surface area contributed by atoms with E-state index in [0.29, 0.717) is 17.6 Å². The minimum absolute atomic E-state index is 0.373. The summed E-state index contributed by atoms with van der Waals surface area (Å²) in [5, 5.41) is 4.46. The summed E-state index contributed by atoms with van der Waals surface area (Å²) < 4.78 is 5.06. The van der Waals surface area contributed by atoms with Gasteiger partial charge in [-0.05, 0) is 24.8 Å². The summed E-state index contributed by atoms with van der Waals surface area (Å²) >= 11 is 1.40. The zero-order valence-corrected chi connectivity index (χ0v) is 11.9. The zero-order valence-electron chi connectivity index (χ0n) is 11.0. The first-order valence-corrected chi connectivity index (χ1v) is 6.55. The maximum atomic E-state index is 5.06. The number of anilines is 1. The molecule has 2 aromatic heterocycles. The van der Waals surface area contributed by atoms with Crippen LogP contribution in [0.15, 0.2) is 28.5 Å². The van der Waals surface area contributed by atoms with Crippen LogP contribution in [-0.4, -0.2) is 34.1 Å². The quantitative estimate of drug-likeness (QED) is 0.661. The van der Waals surface area contributed by atoms with Crippen molar-refractivity contribution < 1.29 is 4.74 Å². The monoisotopic (exact) mass is 277 g/mol. The van der Waals surface area contributed by atoms with Crippen molar-refractivity contribution in [2.75, 3.05) is 19.5 Å². The highest BCUT2D eigenvalue weighted by Gasteiger charge is 2.07. The normalized spacial score (nSPS) is 10.5. The lowest BCUT2D eigenvalue weighted by Crippen LogP contribution is -2.02.